The van der Waals surface area contributed by atoms with Gasteiger partial charge in [0, 0.05) is 5.41 Å². The van der Waals surface area contributed by atoms with Gasteiger partial charge in [-0.2, -0.15) is 0 Å². The highest BCUT2D eigenvalue weighted by Gasteiger charge is 2.58. The van der Waals surface area contributed by atoms with Crippen molar-refractivity contribution in [2.75, 3.05) is 0 Å². The van der Waals surface area contributed by atoms with Crippen molar-refractivity contribution in [2.45, 2.75) is 71.6 Å². The van der Waals surface area contributed by atoms with Gasteiger partial charge in [0.15, 0.2) is 0 Å². The third-order valence-electron chi connectivity index (χ3n) is 7.01. The molecular weight excluding hydrogens is 256 g/mol. The molecule has 19 heavy (non-hydrogen) atoms. The molecular formula is C17H27ClO. The van der Waals surface area contributed by atoms with Gasteiger partial charge in [-0.25, -0.2) is 0 Å². The largest absolute Gasteiger partial charge is 0.281 e. The predicted octanol–water partition coefficient (Wildman–Crippen LogP) is 5.16. The minimum atomic E-state index is -0.253. The molecule has 0 amide bonds. The van der Waals surface area contributed by atoms with E-state index in [1.165, 1.54) is 51.4 Å². The first-order chi connectivity index (χ1) is 8.98. The van der Waals surface area contributed by atoms with E-state index < -0.39 is 0 Å². The Labute approximate surface area is 122 Å². The number of carbonyl (C=O) groups is 1. The quantitative estimate of drug-likeness (QED) is 0.607. The maximum atomic E-state index is 12.0. The van der Waals surface area contributed by atoms with Crippen LogP contribution in [-0.4, -0.2) is 5.24 Å². The zero-order valence-electron chi connectivity index (χ0n) is 12.4. The minimum Gasteiger partial charge on any atom is -0.281 e. The normalized spacial score (nSPS) is 50.2. The van der Waals surface area contributed by atoms with Crippen LogP contribution in [0.1, 0.15) is 71.6 Å². The summed E-state index contributed by atoms with van der Waals surface area (Å²) in [6, 6.07) is 0. The van der Waals surface area contributed by atoms with Gasteiger partial charge in [0.05, 0.1) is 0 Å². The Kier molecular flexibility index (Phi) is 3.48. The van der Waals surface area contributed by atoms with E-state index in [0.29, 0.717) is 11.3 Å². The number of hydrogen-bond donors (Lipinski definition) is 0. The summed E-state index contributed by atoms with van der Waals surface area (Å²) in [7, 11) is 0. The second kappa shape index (κ2) is 4.76. The molecule has 0 saturated heterocycles. The monoisotopic (exact) mass is 282 g/mol. The number of carbonyl (C=O) groups excluding carboxylic acids is 1. The SMILES string of the molecule is C[C@]12CCC[C@](C)(C(=O)Cl)C1CC[C@H]1CCCC[C@@H]12. The average molecular weight is 283 g/mol. The Bertz CT molecular complexity index is 379. The van der Waals surface area contributed by atoms with E-state index in [0.717, 1.165) is 18.3 Å². The maximum absolute atomic E-state index is 12.0. The molecule has 3 aliphatic rings. The van der Waals surface area contributed by atoms with E-state index in [1.807, 2.05) is 0 Å². The van der Waals surface area contributed by atoms with Crippen LogP contribution in [-0.2, 0) is 4.79 Å². The Morgan fingerprint density at radius 3 is 2.47 bits per heavy atom. The zero-order valence-corrected chi connectivity index (χ0v) is 13.1. The molecule has 3 fully saturated rings. The number of halogens is 1. The van der Waals surface area contributed by atoms with Crippen molar-refractivity contribution in [1.29, 1.82) is 0 Å². The second-order valence-corrected chi connectivity index (χ2v) is 8.17. The molecule has 108 valence electrons. The first kappa shape index (κ1) is 13.9. The van der Waals surface area contributed by atoms with Crippen LogP contribution in [0.15, 0.2) is 0 Å². The molecule has 0 radical (unpaired) electrons. The molecule has 3 aliphatic carbocycles. The summed E-state index contributed by atoms with van der Waals surface area (Å²) in [5.41, 5.74) is 0.123. The lowest BCUT2D eigenvalue weighted by atomic mass is 9.44. The van der Waals surface area contributed by atoms with Gasteiger partial charge in [0.25, 0.3) is 0 Å². The standard InChI is InChI=1S/C17H27ClO/c1-16-10-5-11-17(2,15(18)19)14(16)9-8-12-6-3-4-7-13(12)16/h12-14H,3-11H2,1-2H3/t12-,13+,14?,16-,17+/m1/s1. The van der Waals surface area contributed by atoms with Crippen molar-refractivity contribution < 1.29 is 4.79 Å². The highest BCUT2D eigenvalue weighted by Crippen LogP contribution is 2.64. The summed E-state index contributed by atoms with van der Waals surface area (Å²) >= 11 is 6.02. The highest BCUT2D eigenvalue weighted by molar-refractivity contribution is 6.64. The van der Waals surface area contributed by atoms with Crippen LogP contribution in [0, 0.1) is 28.6 Å². The Morgan fingerprint density at radius 1 is 1.00 bits per heavy atom. The second-order valence-electron chi connectivity index (χ2n) is 7.83. The van der Waals surface area contributed by atoms with Crippen molar-refractivity contribution in [3.63, 3.8) is 0 Å². The summed E-state index contributed by atoms with van der Waals surface area (Å²) in [5.74, 6) is 2.32. The van der Waals surface area contributed by atoms with Gasteiger partial charge in [0.2, 0.25) is 5.24 Å². The van der Waals surface area contributed by atoms with Crippen molar-refractivity contribution in [3.8, 4) is 0 Å². The molecule has 0 spiro atoms. The number of fused-ring (bicyclic) bond motifs is 3. The molecule has 1 nitrogen and oxygen atoms in total. The molecule has 0 bridgehead atoms. The van der Waals surface area contributed by atoms with Crippen LogP contribution in [0.2, 0.25) is 0 Å². The fourth-order valence-corrected chi connectivity index (χ4v) is 6.27. The molecule has 3 saturated carbocycles. The van der Waals surface area contributed by atoms with Crippen molar-refractivity contribution >= 4 is 16.8 Å². The summed E-state index contributed by atoms with van der Waals surface area (Å²) in [5, 5.41) is -0.0716. The summed E-state index contributed by atoms with van der Waals surface area (Å²) < 4.78 is 0. The Hall–Kier alpha value is -0.0400. The maximum Gasteiger partial charge on any atom is 0.227 e. The van der Waals surface area contributed by atoms with Gasteiger partial charge in [-0.05, 0) is 66.9 Å². The first-order valence-corrected chi connectivity index (χ1v) is 8.56. The van der Waals surface area contributed by atoms with Crippen LogP contribution < -0.4 is 0 Å². The van der Waals surface area contributed by atoms with Crippen LogP contribution >= 0.6 is 11.6 Å². The van der Waals surface area contributed by atoms with Crippen molar-refractivity contribution in [2.24, 2.45) is 28.6 Å². The van der Waals surface area contributed by atoms with Crippen molar-refractivity contribution in [3.05, 3.63) is 0 Å². The predicted molar refractivity (Wildman–Crippen MR) is 79.1 cm³/mol. The van der Waals surface area contributed by atoms with Gasteiger partial charge in [-0.1, -0.05) is 39.5 Å². The summed E-state index contributed by atoms with van der Waals surface area (Å²) in [6.07, 6.45) is 11.7. The fourth-order valence-electron chi connectivity index (χ4n) is 6.04. The molecule has 3 rings (SSSR count). The summed E-state index contributed by atoms with van der Waals surface area (Å²) in [6.45, 7) is 4.63. The fraction of sp³-hybridized carbons (Fsp3) is 0.941. The molecule has 0 aromatic heterocycles. The van der Waals surface area contributed by atoms with Gasteiger partial charge in [-0.15, -0.1) is 0 Å². The zero-order chi connectivity index (χ0) is 13.7. The van der Waals surface area contributed by atoms with Crippen LogP contribution in [0.3, 0.4) is 0 Å². The smallest absolute Gasteiger partial charge is 0.227 e. The van der Waals surface area contributed by atoms with Crippen molar-refractivity contribution in [1.82, 2.24) is 0 Å². The lowest BCUT2D eigenvalue weighted by molar-refractivity contribution is -0.145. The van der Waals surface area contributed by atoms with Crippen LogP contribution in [0.4, 0.5) is 0 Å². The molecule has 2 heteroatoms. The van der Waals surface area contributed by atoms with E-state index >= 15 is 0 Å². The topological polar surface area (TPSA) is 17.1 Å². The molecule has 0 N–H and O–H groups in total. The third-order valence-corrected chi connectivity index (χ3v) is 7.44. The number of rotatable bonds is 1. The average Bonchev–Trinajstić information content (AvgIpc) is 2.38. The lowest BCUT2D eigenvalue weighted by Gasteiger charge is -2.60. The molecule has 0 heterocycles. The molecule has 0 aromatic carbocycles. The minimum absolute atomic E-state index is 0.0716. The van der Waals surface area contributed by atoms with E-state index in [9.17, 15) is 4.79 Å². The Morgan fingerprint density at radius 2 is 1.74 bits per heavy atom. The molecule has 0 aromatic rings. The van der Waals surface area contributed by atoms with E-state index in [4.69, 9.17) is 11.6 Å². The van der Waals surface area contributed by atoms with E-state index in [1.54, 1.807) is 0 Å². The van der Waals surface area contributed by atoms with Crippen LogP contribution in [0.25, 0.3) is 0 Å². The third kappa shape index (κ3) is 1.99. The van der Waals surface area contributed by atoms with E-state index in [-0.39, 0.29) is 10.7 Å². The Balaban J connectivity index is 1.94. The van der Waals surface area contributed by atoms with Gasteiger partial charge >= 0.3 is 0 Å². The number of hydrogen-bond acceptors (Lipinski definition) is 1. The van der Waals surface area contributed by atoms with Crippen LogP contribution in [0.5, 0.6) is 0 Å². The molecule has 0 aliphatic heterocycles. The van der Waals surface area contributed by atoms with Gasteiger partial charge in [0.1, 0.15) is 0 Å². The summed E-state index contributed by atoms with van der Waals surface area (Å²) in [4.78, 5) is 12.0. The lowest BCUT2D eigenvalue weighted by Crippen LogP contribution is -2.54. The molecule has 5 atom stereocenters. The van der Waals surface area contributed by atoms with Gasteiger partial charge in [-0.3, -0.25) is 4.79 Å². The first-order valence-electron chi connectivity index (χ1n) is 8.18. The molecule has 1 unspecified atom stereocenters. The van der Waals surface area contributed by atoms with E-state index in [2.05, 4.69) is 13.8 Å². The highest BCUT2D eigenvalue weighted by atomic mass is 35.5. The van der Waals surface area contributed by atoms with Gasteiger partial charge < -0.3 is 0 Å².